The maximum atomic E-state index is 6.37. The molecule has 0 aromatic heterocycles. The van der Waals surface area contributed by atoms with Gasteiger partial charge in [0.15, 0.2) is 0 Å². The van der Waals surface area contributed by atoms with Crippen molar-refractivity contribution >= 4 is 39.3 Å². The number of hydrogen-bond donors (Lipinski definition) is 1. The van der Waals surface area contributed by atoms with Crippen LogP contribution in [0.4, 0.5) is 0 Å². The van der Waals surface area contributed by atoms with E-state index in [2.05, 4.69) is 58.5 Å². The molecule has 1 aromatic carbocycles. The van der Waals surface area contributed by atoms with E-state index < -0.39 is 0 Å². The Morgan fingerprint density at radius 3 is 2.67 bits per heavy atom. The molecule has 1 rings (SSSR count). The van der Waals surface area contributed by atoms with Gasteiger partial charge in [-0.15, -0.1) is 0 Å². The smallest absolute Gasteiger partial charge is 0.0465 e. The van der Waals surface area contributed by atoms with E-state index in [0.717, 1.165) is 22.5 Å². The molecular formula is C16H26BrClN2S. The van der Waals surface area contributed by atoms with Crippen LogP contribution in [-0.4, -0.2) is 43.6 Å². The first-order chi connectivity index (χ1) is 10.0. The van der Waals surface area contributed by atoms with E-state index >= 15 is 0 Å². The number of hydrogen-bond acceptors (Lipinski definition) is 3. The van der Waals surface area contributed by atoms with Crippen molar-refractivity contribution in [1.82, 2.24) is 10.2 Å². The molecular weight excluding hydrogens is 368 g/mol. The molecule has 2 unspecified atom stereocenters. The van der Waals surface area contributed by atoms with Gasteiger partial charge in [0.1, 0.15) is 0 Å². The van der Waals surface area contributed by atoms with Crippen LogP contribution in [0, 0.1) is 0 Å². The lowest BCUT2D eigenvalue weighted by Gasteiger charge is -2.28. The lowest BCUT2D eigenvalue weighted by molar-refractivity contribution is 0.242. The first-order valence-electron chi connectivity index (χ1n) is 7.34. The predicted molar refractivity (Wildman–Crippen MR) is 101 cm³/mol. The zero-order valence-corrected chi connectivity index (χ0v) is 16.5. The van der Waals surface area contributed by atoms with Crippen LogP contribution >= 0.6 is 39.3 Å². The highest BCUT2D eigenvalue weighted by atomic mass is 79.9. The van der Waals surface area contributed by atoms with Crippen molar-refractivity contribution < 1.29 is 0 Å². The van der Waals surface area contributed by atoms with Gasteiger partial charge in [0, 0.05) is 27.3 Å². The van der Waals surface area contributed by atoms with Gasteiger partial charge in [-0.25, -0.2) is 0 Å². The maximum absolute atomic E-state index is 6.37. The lowest BCUT2D eigenvalue weighted by atomic mass is 10.0. The predicted octanol–water partition coefficient (Wildman–Crippen LogP) is 4.83. The van der Waals surface area contributed by atoms with Crippen molar-refractivity contribution in [2.45, 2.75) is 31.8 Å². The molecule has 5 heteroatoms. The Morgan fingerprint density at radius 2 is 2.14 bits per heavy atom. The number of nitrogens with zero attached hydrogens (tertiary/aromatic N) is 1. The Hall–Kier alpha value is 0.260. The molecule has 0 spiro atoms. The molecule has 0 aliphatic rings. The molecule has 0 radical (unpaired) electrons. The van der Waals surface area contributed by atoms with E-state index in [-0.39, 0.29) is 0 Å². The molecule has 0 bridgehead atoms. The van der Waals surface area contributed by atoms with Crippen molar-refractivity contribution in [3.63, 3.8) is 0 Å². The van der Waals surface area contributed by atoms with E-state index in [1.165, 1.54) is 17.7 Å². The molecule has 21 heavy (non-hydrogen) atoms. The molecule has 2 nitrogen and oxygen atoms in total. The maximum Gasteiger partial charge on any atom is 0.0465 e. The van der Waals surface area contributed by atoms with Gasteiger partial charge in [0.2, 0.25) is 0 Å². The fourth-order valence-corrected chi connectivity index (χ4v) is 4.18. The molecule has 0 amide bonds. The van der Waals surface area contributed by atoms with Crippen LogP contribution in [0.1, 0.15) is 31.4 Å². The van der Waals surface area contributed by atoms with Crippen molar-refractivity contribution in [3.8, 4) is 0 Å². The summed E-state index contributed by atoms with van der Waals surface area (Å²) in [4.78, 5) is 2.47. The summed E-state index contributed by atoms with van der Waals surface area (Å²) in [7, 11) is 4.22. The van der Waals surface area contributed by atoms with E-state index in [9.17, 15) is 0 Å². The van der Waals surface area contributed by atoms with Gasteiger partial charge < -0.3 is 10.2 Å². The minimum atomic E-state index is 0.292. The third kappa shape index (κ3) is 6.11. The average Bonchev–Trinajstić information content (AvgIpc) is 2.46. The molecule has 0 heterocycles. The fraction of sp³-hybridized carbons (Fsp3) is 0.625. The number of thioether (sulfide) groups is 1. The van der Waals surface area contributed by atoms with Gasteiger partial charge in [-0.05, 0) is 57.4 Å². The highest BCUT2D eigenvalue weighted by Gasteiger charge is 2.17. The Kier molecular flexibility index (Phi) is 9.30. The molecule has 0 saturated heterocycles. The van der Waals surface area contributed by atoms with Crippen LogP contribution in [0.25, 0.3) is 0 Å². The summed E-state index contributed by atoms with van der Waals surface area (Å²) < 4.78 is 1.02. The van der Waals surface area contributed by atoms with Crippen LogP contribution in [0.2, 0.25) is 5.02 Å². The van der Waals surface area contributed by atoms with E-state index in [1.807, 2.05) is 24.9 Å². The summed E-state index contributed by atoms with van der Waals surface area (Å²) in [6.45, 7) is 3.33. The minimum absolute atomic E-state index is 0.292. The fourth-order valence-electron chi connectivity index (χ4n) is 2.50. The second kappa shape index (κ2) is 10.1. The van der Waals surface area contributed by atoms with Gasteiger partial charge in [0.25, 0.3) is 0 Å². The zero-order valence-electron chi connectivity index (χ0n) is 13.3. The standard InChI is InChI=1S/C16H26BrClN2S/c1-5-13(11-21-4)20(3)9-8-16(19-2)14-7-6-12(17)10-15(14)18/h6-7,10,13,16,19H,5,8-9,11H2,1-4H3. The number of benzene rings is 1. The summed E-state index contributed by atoms with van der Waals surface area (Å²) in [5, 5.41) is 4.21. The van der Waals surface area contributed by atoms with Crippen LogP contribution < -0.4 is 5.32 Å². The second-order valence-electron chi connectivity index (χ2n) is 5.29. The Labute approximate surface area is 147 Å². The third-order valence-corrected chi connectivity index (χ3v) is 5.45. The molecule has 1 aromatic rings. The SMILES string of the molecule is CCC(CSC)N(C)CCC(NC)c1ccc(Br)cc1Cl. The Morgan fingerprint density at radius 1 is 1.43 bits per heavy atom. The Balaban J connectivity index is 2.65. The van der Waals surface area contributed by atoms with Crippen molar-refractivity contribution in [2.24, 2.45) is 0 Å². The largest absolute Gasteiger partial charge is 0.313 e. The third-order valence-electron chi connectivity index (χ3n) is 3.91. The van der Waals surface area contributed by atoms with Crippen molar-refractivity contribution in [2.75, 3.05) is 32.6 Å². The van der Waals surface area contributed by atoms with Crippen molar-refractivity contribution in [3.05, 3.63) is 33.3 Å². The van der Waals surface area contributed by atoms with E-state index in [4.69, 9.17) is 11.6 Å². The molecule has 120 valence electrons. The highest BCUT2D eigenvalue weighted by molar-refractivity contribution is 9.10. The monoisotopic (exact) mass is 392 g/mol. The summed E-state index contributed by atoms with van der Waals surface area (Å²) in [5.74, 6) is 1.19. The van der Waals surface area contributed by atoms with Crippen LogP contribution in [0.5, 0.6) is 0 Å². The first-order valence-corrected chi connectivity index (χ1v) is 9.91. The first kappa shape index (κ1) is 19.3. The average molecular weight is 394 g/mol. The molecule has 0 aliphatic carbocycles. The molecule has 1 N–H and O–H groups in total. The van der Waals surface area contributed by atoms with Gasteiger partial charge in [-0.1, -0.05) is 40.5 Å². The topological polar surface area (TPSA) is 15.3 Å². The highest BCUT2D eigenvalue weighted by Crippen LogP contribution is 2.28. The summed E-state index contributed by atoms with van der Waals surface area (Å²) in [5.41, 5.74) is 1.17. The quantitative estimate of drug-likeness (QED) is 0.647. The Bertz CT molecular complexity index is 431. The van der Waals surface area contributed by atoms with Crippen molar-refractivity contribution in [1.29, 1.82) is 0 Å². The van der Waals surface area contributed by atoms with E-state index in [0.29, 0.717) is 12.1 Å². The normalized spacial score (nSPS) is 14.4. The number of rotatable bonds is 9. The van der Waals surface area contributed by atoms with E-state index in [1.54, 1.807) is 0 Å². The summed E-state index contributed by atoms with van der Waals surface area (Å²) in [6.07, 6.45) is 4.42. The van der Waals surface area contributed by atoms with Crippen LogP contribution in [0.3, 0.4) is 0 Å². The van der Waals surface area contributed by atoms with Gasteiger partial charge in [-0.3, -0.25) is 0 Å². The second-order valence-corrected chi connectivity index (χ2v) is 7.53. The summed E-state index contributed by atoms with van der Waals surface area (Å²) in [6, 6.07) is 7.07. The zero-order chi connectivity index (χ0) is 15.8. The molecule has 0 saturated carbocycles. The van der Waals surface area contributed by atoms with Crippen LogP contribution in [-0.2, 0) is 0 Å². The van der Waals surface area contributed by atoms with Crippen LogP contribution in [0.15, 0.2) is 22.7 Å². The number of nitrogens with one attached hydrogen (secondary N) is 1. The molecule has 2 atom stereocenters. The number of halogens is 2. The molecule has 0 aliphatic heterocycles. The van der Waals surface area contributed by atoms with Gasteiger partial charge >= 0.3 is 0 Å². The lowest BCUT2D eigenvalue weighted by Crippen LogP contribution is -2.35. The summed E-state index contributed by atoms with van der Waals surface area (Å²) >= 11 is 11.8. The molecule has 0 fully saturated rings. The van der Waals surface area contributed by atoms with Gasteiger partial charge in [-0.2, -0.15) is 11.8 Å². The minimum Gasteiger partial charge on any atom is -0.313 e. The van der Waals surface area contributed by atoms with Gasteiger partial charge in [0.05, 0.1) is 0 Å².